The van der Waals surface area contributed by atoms with Crippen LogP contribution in [0.5, 0.6) is 0 Å². The van der Waals surface area contributed by atoms with Crippen LogP contribution >= 0.6 is 11.6 Å². The highest BCUT2D eigenvalue weighted by molar-refractivity contribution is 7.90. The summed E-state index contributed by atoms with van der Waals surface area (Å²) in [6, 6.07) is 13.9. The van der Waals surface area contributed by atoms with Crippen LogP contribution in [0.4, 0.5) is 17.2 Å². The Morgan fingerprint density at radius 3 is 2.32 bits per heavy atom. The van der Waals surface area contributed by atoms with E-state index in [4.69, 9.17) is 11.6 Å². The molecule has 10 heteroatoms. The summed E-state index contributed by atoms with van der Waals surface area (Å²) in [5.74, 6) is 0.270. The molecule has 3 aromatic rings. The predicted octanol–water partition coefficient (Wildman–Crippen LogP) is 5.25. The molecule has 2 N–H and O–H groups in total. The Hall–Kier alpha value is -3.43. The number of aromatic nitrogens is 1. The number of amides is 2. The number of piperidine rings is 1. The summed E-state index contributed by atoms with van der Waals surface area (Å²) in [4.78, 5) is 32.1. The first kappa shape index (κ1) is 27.6. The number of aryl methyl sites for hydroxylation is 2. The van der Waals surface area contributed by atoms with Gasteiger partial charge in [-0.05, 0) is 68.0 Å². The van der Waals surface area contributed by atoms with Crippen LogP contribution in [-0.2, 0) is 14.6 Å². The Balaban J connectivity index is 1.46. The van der Waals surface area contributed by atoms with Crippen molar-refractivity contribution in [2.75, 3.05) is 34.9 Å². The molecule has 2 amide bonds. The van der Waals surface area contributed by atoms with Gasteiger partial charge in [0.25, 0.3) is 5.91 Å². The highest BCUT2D eigenvalue weighted by Crippen LogP contribution is 2.32. The summed E-state index contributed by atoms with van der Waals surface area (Å²) in [5, 5.41) is 6.30. The first-order valence-electron chi connectivity index (χ1n) is 12.4. The Morgan fingerprint density at radius 2 is 1.68 bits per heavy atom. The number of pyridine rings is 1. The van der Waals surface area contributed by atoms with Gasteiger partial charge in [-0.1, -0.05) is 35.9 Å². The summed E-state index contributed by atoms with van der Waals surface area (Å²) in [6.45, 7) is 5.19. The predicted molar refractivity (Wildman–Crippen MR) is 151 cm³/mol. The zero-order valence-electron chi connectivity index (χ0n) is 21.6. The molecule has 1 saturated heterocycles. The smallest absolute Gasteiger partial charge is 0.255 e. The maximum absolute atomic E-state index is 12.9. The molecule has 2 heterocycles. The topological polar surface area (TPSA) is 108 Å². The zero-order chi connectivity index (χ0) is 27.4. The van der Waals surface area contributed by atoms with Gasteiger partial charge in [-0.15, -0.1) is 0 Å². The van der Waals surface area contributed by atoms with Crippen molar-refractivity contribution in [3.63, 3.8) is 0 Å². The zero-order valence-corrected chi connectivity index (χ0v) is 23.2. The first-order valence-corrected chi connectivity index (χ1v) is 14.7. The lowest BCUT2D eigenvalue weighted by molar-refractivity contribution is -0.117. The number of carbonyl (C=O) groups excluding carboxylic acids is 2. The van der Waals surface area contributed by atoms with Crippen molar-refractivity contribution >= 4 is 50.4 Å². The average Bonchev–Trinajstić information content (AvgIpc) is 2.86. The fourth-order valence-corrected chi connectivity index (χ4v) is 5.39. The molecule has 0 saturated carbocycles. The average molecular weight is 555 g/mol. The van der Waals surface area contributed by atoms with Crippen LogP contribution in [-0.4, -0.2) is 44.6 Å². The van der Waals surface area contributed by atoms with Crippen LogP contribution in [0, 0.1) is 19.8 Å². The van der Waals surface area contributed by atoms with Crippen LogP contribution < -0.4 is 15.5 Å². The van der Waals surface area contributed by atoms with Crippen molar-refractivity contribution < 1.29 is 18.0 Å². The minimum Gasteiger partial charge on any atom is -0.355 e. The van der Waals surface area contributed by atoms with Gasteiger partial charge in [0.1, 0.15) is 0 Å². The molecule has 38 heavy (non-hydrogen) atoms. The van der Waals surface area contributed by atoms with E-state index in [0.29, 0.717) is 41.6 Å². The van der Waals surface area contributed by atoms with E-state index in [1.54, 1.807) is 24.3 Å². The van der Waals surface area contributed by atoms with Gasteiger partial charge in [0.05, 0.1) is 10.6 Å². The summed E-state index contributed by atoms with van der Waals surface area (Å²) in [5.41, 5.74) is 3.59. The van der Waals surface area contributed by atoms with Crippen LogP contribution in [0.25, 0.3) is 0 Å². The standard InChI is InChI=1S/C28H31ClN4O4S/c1-18-6-4-7-19(2)26(18)32-25(34)14-20-10-12-33(13-11-20)27-24(16-23(17-30-27)38(3,36)37)31-28(35)21-8-5-9-22(29)15-21/h4-9,15-17,20H,10-14H2,1-3H3,(H,31,35)(H,32,34). The van der Waals surface area contributed by atoms with Crippen LogP contribution in [0.3, 0.4) is 0 Å². The Morgan fingerprint density at radius 1 is 1.03 bits per heavy atom. The summed E-state index contributed by atoms with van der Waals surface area (Å²) < 4.78 is 24.3. The monoisotopic (exact) mass is 554 g/mol. The minimum absolute atomic E-state index is 0.00838. The van der Waals surface area contributed by atoms with Crippen LogP contribution in [0.15, 0.2) is 59.6 Å². The summed E-state index contributed by atoms with van der Waals surface area (Å²) in [7, 11) is -3.53. The number of para-hydroxylation sites is 1. The van der Waals surface area contributed by atoms with Crippen molar-refractivity contribution in [1.29, 1.82) is 0 Å². The van der Waals surface area contributed by atoms with Crippen molar-refractivity contribution in [2.24, 2.45) is 5.92 Å². The molecule has 2 aromatic carbocycles. The number of benzene rings is 2. The van der Waals surface area contributed by atoms with Gasteiger partial charge in [0.15, 0.2) is 15.7 Å². The molecule has 8 nitrogen and oxygen atoms in total. The molecule has 1 aromatic heterocycles. The maximum atomic E-state index is 12.9. The largest absolute Gasteiger partial charge is 0.355 e. The Bertz CT molecular complexity index is 1450. The van der Waals surface area contributed by atoms with Crippen molar-refractivity contribution in [1.82, 2.24) is 4.98 Å². The molecule has 4 rings (SSSR count). The molecule has 0 unspecified atom stereocenters. The van der Waals surface area contributed by atoms with E-state index in [2.05, 4.69) is 15.6 Å². The third kappa shape index (κ3) is 6.71. The third-order valence-corrected chi connectivity index (χ3v) is 8.05. The summed E-state index contributed by atoms with van der Waals surface area (Å²) >= 11 is 6.03. The minimum atomic E-state index is -3.53. The van der Waals surface area contributed by atoms with Crippen LogP contribution in [0.2, 0.25) is 5.02 Å². The number of rotatable bonds is 7. The van der Waals surface area contributed by atoms with Gasteiger partial charge in [-0.2, -0.15) is 0 Å². The maximum Gasteiger partial charge on any atom is 0.255 e. The number of nitrogens with one attached hydrogen (secondary N) is 2. The second-order valence-corrected chi connectivity index (χ2v) is 12.2. The van der Waals surface area contributed by atoms with Gasteiger partial charge in [-0.3, -0.25) is 9.59 Å². The van der Waals surface area contributed by atoms with E-state index >= 15 is 0 Å². The number of sulfone groups is 1. The molecule has 200 valence electrons. The lowest BCUT2D eigenvalue weighted by Gasteiger charge is -2.33. The molecule has 0 atom stereocenters. The first-order chi connectivity index (χ1) is 18.0. The summed E-state index contributed by atoms with van der Waals surface area (Å²) in [6.07, 6.45) is 4.35. The number of nitrogens with zero attached hydrogens (tertiary/aromatic N) is 2. The second kappa shape index (κ2) is 11.5. The molecule has 0 radical (unpaired) electrons. The van der Waals surface area contributed by atoms with E-state index in [-0.39, 0.29) is 16.7 Å². The van der Waals surface area contributed by atoms with Gasteiger partial charge >= 0.3 is 0 Å². The fourth-order valence-electron chi connectivity index (χ4n) is 4.62. The third-order valence-electron chi connectivity index (χ3n) is 6.74. The van der Waals surface area contributed by atoms with Crippen molar-refractivity contribution in [3.05, 3.63) is 76.4 Å². The van der Waals surface area contributed by atoms with E-state index < -0.39 is 15.7 Å². The van der Waals surface area contributed by atoms with Crippen molar-refractivity contribution in [3.8, 4) is 0 Å². The molecule has 1 fully saturated rings. The molecule has 0 spiro atoms. The van der Waals surface area contributed by atoms with E-state index in [0.717, 1.165) is 35.9 Å². The fraction of sp³-hybridized carbons (Fsp3) is 0.321. The quantitative estimate of drug-likeness (QED) is 0.413. The molecule has 1 aliphatic heterocycles. The molecule has 0 bridgehead atoms. The van der Waals surface area contributed by atoms with E-state index in [1.807, 2.05) is 36.9 Å². The van der Waals surface area contributed by atoms with Crippen LogP contribution in [0.1, 0.15) is 40.7 Å². The van der Waals surface area contributed by atoms with Gasteiger partial charge < -0.3 is 15.5 Å². The number of anilines is 3. The molecular formula is C28H31ClN4O4S. The van der Waals surface area contributed by atoms with Gasteiger partial charge in [0.2, 0.25) is 5.91 Å². The Kier molecular flexibility index (Phi) is 8.38. The highest BCUT2D eigenvalue weighted by atomic mass is 35.5. The van der Waals surface area contributed by atoms with Crippen molar-refractivity contribution in [2.45, 2.75) is 38.0 Å². The number of carbonyl (C=O) groups is 2. The normalized spacial score (nSPS) is 14.3. The highest BCUT2D eigenvalue weighted by Gasteiger charge is 2.26. The van der Waals surface area contributed by atoms with Gasteiger partial charge in [0, 0.05) is 48.2 Å². The lowest BCUT2D eigenvalue weighted by Crippen LogP contribution is -2.36. The van der Waals surface area contributed by atoms with E-state index in [9.17, 15) is 18.0 Å². The van der Waals surface area contributed by atoms with E-state index in [1.165, 1.54) is 12.3 Å². The number of hydrogen-bond acceptors (Lipinski definition) is 6. The SMILES string of the molecule is Cc1cccc(C)c1NC(=O)CC1CCN(c2ncc(S(C)(=O)=O)cc2NC(=O)c2cccc(Cl)c2)CC1. The second-order valence-electron chi connectivity index (χ2n) is 9.73. The number of halogens is 1. The molecule has 0 aliphatic carbocycles. The van der Waals surface area contributed by atoms with Gasteiger partial charge in [-0.25, -0.2) is 13.4 Å². The molecular weight excluding hydrogens is 524 g/mol. The molecule has 1 aliphatic rings. The Labute approximate surface area is 228 Å². The lowest BCUT2D eigenvalue weighted by atomic mass is 9.93. The number of hydrogen-bond donors (Lipinski definition) is 2.